The van der Waals surface area contributed by atoms with Crippen LogP contribution in [-0.4, -0.2) is 22.0 Å². The Kier molecular flexibility index (Phi) is 3.32. The Morgan fingerprint density at radius 1 is 1.32 bits per heavy atom. The normalized spacial score (nSPS) is 13.8. The minimum Gasteiger partial charge on any atom is -0.398 e. The van der Waals surface area contributed by atoms with Gasteiger partial charge in [-0.15, -0.1) is 0 Å². The smallest absolute Gasteiger partial charge is 0.328 e. The van der Waals surface area contributed by atoms with E-state index in [4.69, 9.17) is 5.73 Å². The maximum Gasteiger partial charge on any atom is 0.328 e. The van der Waals surface area contributed by atoms with Crippen LogP contribution in [0.1, 0.15) is 22.3 Å². The summed E-state index contributed by atoms with van der Waals surface area (Å²) in [6.07, 6.45) is 2.75. The fourth-order valence-corrected chi connectivity index (χ4v) is 2.73. The van der Waals surface area contributed by atoms with Crippen LogP contribution in [0, 0.1) is 0 Å². The number of nitrogens with one attached hydrogen (secondary N) is 1. The third-order valence-corrected chi connectivity index (χ3v) is 3.94. The number of nitrogens with two attached hydrogens (primary N) is 1. The van der Waals surface area contributed by atoms with Crippen molar-refractivity contribution in [2.75, 3.05) is 17.2 Å². The first-order valence-electron chi connectivity index (χ1n) is 6.98. The third-order valence-electron chi connectivity index (χ3n) is 3.94. The number of nitrogens with zero attached hydrogens (tertiary/aromatic N) is 2. The zero-order valence-corrected chi connectivity index (χ0v) is 12.1. The maximum absolute atomic E-state index is 12.7. The summed E-state index contributed by atoms with van der Waals surface area (Å²) in [5, 5.41) is 0. The topological polar surface area (TPSA) is 101 Å². The lowest BCUT2D eigenvalue weighted by molar-refractivity contribution is 0.0982. The Morgan fingerprint density at radius 3 is 2.86 bits per heavy atom. The van der Waals surface area contributed by atoms with E-state index in [1.54, 1.807) is 17.0 Å². The second kappa shape index (κ2) is 5.18. The number of hydrogen-bond donors (Lipinski definition) is 2. The monoisotopic (exact) mass is 300 g/mol. The minimum absolute atomic E-state index is 0.0580. The van der Waals surface area contributed by atoms with Crippen molar-refractivity contribution in [2.45, 2.75) is 12.8 Å². The molecule has 0 unspecified atom stereocenters. The Morgan fingerprint density at radius 2 is 2.09 bits per heavy atom. The van der Waals surface area contributed by atoms with Gasteiger partial charge in [-0.05, 0) is 30.5 Å². The van der Waals surface area contributed by atoms with Crippen molar-refractivity contribution in [1.82, 2.24) is 9.55 Å². The summed E-state index contributed by atoms with van der Waals surface area (Å²) in [5.74, 6) is -0.427. The average molecular weight is 300 g/mol. The number of aromatic amines is 1. The van der Waals surface area contributed by atoms with Crippen molar-refractivity contribution in [3.05, 3.63) is 56.4 Å². The number of aromatic nitrogens is 2. The first kappa shape index (κ1) is 14.1. The molecule has 0 atom stereocenters. The molecule has 0 radical (unpaired) electrons. The van der Waals surface area contributed by atoms with Gasteiger partial charge in [-0.2, -0.15) is 0 Å². The van der Waals surface area contributed by atoms with E-state index in [9.17, 15) is 14.4 Å². The van der Waals surface area contributed by atoms with Gasteiger partial charge in [-0.3, -0.25) is 14.2 Å². The van der Waals surface area contributed by atoms with Crippen molar-refractivity contribution < 1.29 is 4.79 Å². The number of carbonyl (C=O) groups excluding carboxylic acids is 1. The summed E-state index contributed by atoms with van der Waals surface area (Å²) in [6.45, 7) is 0.511. The second-order valence-electron chi connectivity index (χ2n) is 5.28. The molecule has 1 amide bonds. The van der Waals surface area contributed by atoms with Crippen LogP contribution in [0.3, 0.4) is 0 Å². The second-order valence-corrected chi connectivity index (χ2v) is 5.28. The molecule has 0 saturated heterocycles. The summed E-state index contributed by atoms with van der Waals surface area (Å²) >= 11 is 0. The SMILES string of the molecule is Cn1c(=O)[nH]cc(C(=O)N2CCCc3c(N)cccc32)c1=O. The molecule has 0 spiro atoms. The van der Waals surface area contributed by atoms with E-state index in [1.807, 2.05) is 6.07 Å². The molecule has 7 heteroatoms. The highest BCUT2D eigenvalue weighted by Crippen LogP contribution is 2.31. The Balaban J connectivity index is 2.09. The number of benzene rings is 1. The lowest BCUT2D eigenvalue weighted by Gasteiger charge is -2.30. The van der Waals surface area contributed by atoms with E-state index in [-0.39, 0.29) is 5.56 Å². The molecular formula is C15H16N4O3. The van der Waals surface area contributed by atoms with E-state index in [0.29, 0.717) is 12.2 Å². The molecule has 1 aromatic carbocycles. The lowest BCUT2D eigenvalue weighted by atomic mass is 9.99. The molecule has 114 valence electrons. The fraction of sp³-hybridized carbons (Fsp3) is 0.267. The zero-order valence-electron chi connectivity index (χ0n) is 12.1. The number of H-pyrrole nitrogens is 1. The summed E-state index contributed by atoms with van der Waals surface area (Å²) < 4.78 is 0.886. The van der Waals surface area contributed by atoms with Gasteiger partial charge in [0.2, 0.25) is 0 Å². The molecule has 0 bridgehead atoms. The summed E-state index contributed by atoms with van der Waals surface area (Å²) in [4.78, 5) is 40.2. The van der Waals surface area contributed by atoms with E-state index in [2.05, 4.69) is 4.98 Å². The van der Waals surface area contributed by atoms with Crippen LogP contribution < -0.4 is 21.9 Å². The van der Waals surface area contributed by atoms with Gasteiger partial charge < -0.3 is 15.6 Å². The maximum atomic E-state index is 12.7. The zero-order chi connectivity index (χ0) is 15.9. The first-order valence-corrected chi connectivity index (χ1v) is 6.98. The van der Waals surface area contributed by atoms with Gasteiger partial charge in [0.25, 0.3) is 11.5 Å². The number of rotatable bonds is 1. The molecule has 0 fully saturated rings. The van der Waals surface area contributed by atoms with E-state index < -0.39 is 17.2 Å². The largest absolute Gasteiger partial charge is 0.398 e. The van der Waals surface area contributed by atoms with Crippen LogP contribution in [0.5, 0.6) is 0 Å². The molecular weight excluding hydrogens is 284 g/mol. The molecule has 2 aromatic rings. The number of carbonyl (C=O) groups is 1. The van der Waals surface area contributed by atoms with E-state index in [1.165, 1.54) is 13.2 Å². The van der Waals surface area contributed by atoms with Crippen LogP contribution in [0.15, 0.2) is 34.0 Å². The van der Waals surface area contributed by atoms with Gasteiger partial charge in [0.1, 0.15) is 5.56 Å². The molecule has 7 nitrogen and oxygen atoms in total. The predicted molar refractivity (Wildman–Crippen MR) is 83.2 cm³/mol. The van der Waals surface area contributed by atoms with E-state index in [0.717, 1.165) is 28.7 Å². The standard InChI is InChI=1S/C15H16N4O3/c1-18-13(20)10(8-17-15(18)22)14(21)19-7-3-4-9-11(16)5-2-6-12(9)19/h2,5-6,8H,3-4,7,16H2,1H3,(H,17,22). The van der Waals surface area contributed by atoms with Crippen LogP contribution in [0.4, 0.5) is 11.4 Å². The van der Waals surface area contributed by atoms with Crippen LogP contribution in [-0.2, 0) is 13.5 Å². The Hall–Kier alpha value is -2.83. The fourth-order valence-electron chi connectivity index (χ4n) is 2.73. The van der Waals surface area contributed by atoms with Gasteiger partial charge in [-0.25, -0.2) is 4.79 Å². The van der Waals surface area contributed by atoms with Gasteiger partial charge in [0, 0.05) is 31.2 Å². The van der Waals surface area contributed by atoms with Gasteiger partial charge >= 0.3 is 5.69 Å². The van der Waals surface area contributed by atoms with Crippen LogP contribution >= 0.6 is 0 Å². The van der Waals surface area contributed by atoms with Crippen LogP contribution in [0.2, 0.25) is 0 Å². The molecule has 1 aromatic heterocycles. The van der Waals surface area contributed by atoms with Crippen molar-refractivity contribution >= 4 is 17.3 Å². The summed E-state index contributed by atoms with van der Waals surface area (Å²) in [7, 11) is 1.33. The van der Waals surface area contributed by atoms with E-state index >= 15 is 0 Å². The average Bonchev–Trinajstić information content (AvgIpc) is 2.52. The number of anilines is 2. The molecule has 1 aliphatic rings. The third kappa shape index (κ3) is 2.11. The molecule has 2 heterocycles. The Bertz CT molecular complexity index is 866. The van der Waals surface area contributed by atoms with Crippen LogP contribution in [0.25, 0.3) is 0 Å². The van der Waals surface area contributed by atoms with Gasteiger partial charge in [0.15, 0.2) is 0 Å². The highest BCUT2D eigenvalue weighted by atomic mass is 16.2. The van der Waals surface area contributed by atoms with Crippen molar-refractivity contribution in [1.29, 1.82) is 0 Å². The lowest BCUT2D eigenvalue weighted by Crippen LogP contribution is -2.42. The number of nitrogen functional groups attached to an aromatic ring is 1. The first-order chi connectivity index (χ1) is 10.5. The van der Waals surface area contributed by atoms with Crippen molar-refractivity contribution in [2.24, 2.45) is 7.05 Å². The van der Waals surface area contributed by atoms with Crippen molar-refractivity contribution in [3.63, 3.8) is 0 Å². The molecule has 0 saturated carbocycles. The number of fused-ring (bicyclic) bond motifs is 1. The Labute approximate surface area is 126 Å². The predicted octanol–water partition coefficient (Wildman–Crippen LogP) is 0.249. The van der Waals surface area contributed by atoms with Gasteiger partial charge in [0.05, 0.1) is 0 Å². The van der Waals surface area contributed by atoms with Crippen molar-refractivity contribution in [3.8, 4) is 0 Å². The highest BCUT2D eigenvalue weighted by molar-refractivity contribution is 6.06. The molecule has 3 rings (SSSR count). The number of hydrogen-bond acceptors (Lipinski definition) is 4. The molecule has 1 aliphatic heterocycles. The summed E-state index contributed by atoms with van der Waals surface area (Å²) in [5.41, 5.74) is 7.04. The molecule has 3 N–H and O–H groups in total. The summed E-state index contributed by atoms with van der Waals surface area (Å²) in [6, 6.07) is 5.40. The quantitative estimate of drug-likeness (QED) is 0.737. The highest BCUT2D eigenvalue weighted by Gasteiger charge is 2.26. The number of amides is 1. The molecule has 22 heavy (non-hydrogen) atoms. The molecule has 0 aliphatic carbocycles. The minimum atomic E-state index is -0.607. The van der Waals surface area contributed by atoms with Gasteiger partial charge in [-0.1, -0.05) is 6.07 Å².